The van der Waals surface area contributed by atoms with Gasteiger partial charge in [-0.3, -0.25) is 4.79 Å². The molecule has 70 valence electrons. The monoisotopic (exact) mass is 202 g/mol. The second-order valence-electron chi connectivity index (χ2n) is 2.52. The molecule has 1 rings (SSSR count). The number of carbonyl (C=O) groups excluding carboxylic acids is 1. The molecular formula is C9H8ClFO2. The van der Waals surface area contributed by atoms with E-state index in [2.05, 4.69) is 0 Å². The summed E-state index contributed by atoms with van der Waals surface area (Å²) in [6.07, 6.45) is 0. The Morgan fingerprint density at radius 1 is 1.54 bits per heavy atom. The summed E-state index contributed by atoms with van der Waals surface area (Å²) in [5, 5.41) is 0.208. The van der Waals surface area contributed by atoms with Crippen molar-refractivity contribution < 1.29 is 13.9 Å². The molecule has 0 aliphatic heterocycles. The van der Waals surface area contributed by atoms with Crippen molar-refractivity contribution in [2.75, 3.05) is 7.11 Å². The Labute approximate surface area is 80.3 Å². The van der Waals surface area contributed by atoms with Crippen LogP contribution in [0, 0.1) is 5.82 Å². The van der Waals surface area contributed by atoms with E-state index in [0.29, 0.717) is 0 Å². The van der Waals surface area contributed by atoms with Gasteiger partial charge in [-0.15, -0.1) is 0 Å². The Bertz CT molecular complexity index is 350. The maximum atomic E-state index is 13.2. The normalized spacial score (nSPS) is 9.85. The summed E-state index contributed by atoms with van der Waals surface area (Å²) in [7, 11) is 1.36. The number of Topliss-reactive ketones (excluding diaryl/α,β-unsaturated/α-hetero) is 1. The topological polar surface area (TPSA) is 26.3 Å². The summed E-state index contributed by atoms with van der Waals surface area (Å²) in [6, 6.07) is 2.49. The van der Waals surface area contributed by atoms with E-state index in [-0.39, 0.29) is 22.1 Å². The van der Waals surface area contributed by atoms with Crippen molar-refractivity contribution in [2.45, 2.75) is 6.92 Å². The maximum Gasteiger partial charge on any atom is 0.166 e. The number of carbonyl (C=O) groups is 1. The fourth-order valence-electron chi connectivity index (χ4n) is 1.05. The highest BCUT2D eigenvalue weighted by Crippen LogP contribution is 2.26. The van der Waals surface area contributed by atoms with Crippen LogP contribution in [0.2, 0.25) is 5.02 Å². The number of benzene rings is 1. The number of halogens is 2. The summed E-state index contributed by atoms with van der Waals surface area (Å²) in [6.45, 7) is 1.27. The lowest BCUT2D eigenvalue weighted by Gasteiger charge is -2.06. The van der Waals surface area contributed by atoms with Gasteiger partial charge in [0, 0.05) is 5.02 Å². The molecule has 4 heteroatoms. The van der Waals surface area contributed by atoms with Gasteiger partial charge in [0.1, 0.15) is 11.6 Å². The van der Waals surface area contributed by atoms with Crippen LogP contribution in [-0.4, -0.2) is 12.9 Å². The first-order valence-electron chi connectivity index (χ1n) is 3.60. The summed E-state index contributed by atoms with van der Waals surface area (Å²) in [5.74, 6) is -0.875. The molecule has 0 spiro atoms. The standard InChI is InChI=1S/C9H8ClFO2/c1-5(12)9-7(11)3-6(10)4-8(9)13-2/h3-4H,1-2H3. The molecule has 1 aromatic rings. The second kappa shape index (κ2) is 3.75. The Kier molecular flexibility index (Phi) is 2.88. The lowest BCUT2D eigenvalue weighted by Crippen LogP contribution is -2.01. The highest BCUT2D eigenvalue weighted by molar-refractivity contribution is 6.30. The van der Waals surface area contributed by atoms with Crippen molar-refractivity contribution in [3.63, 3.8) is 0 Å². The lowest BCUT2D eigenvalue weighted by molar-refractivity contribution is 0.101. The number of methoxy groups -OCH3 is 1. The minimum absolute atomic E-state index is 0.0631. The highest BCUT2D eigenvalue weighted by atomic mass is 35.5. The average Bonchev–Trinajstić information content (AvgIpc) is 2.01. The van der Waals surface area contributed by atoms with Crippen LogP contribution in [-0.2, 0) is 0 Å². The third kappa shape index (κ3) is 1.98. The molecule has 0 aromatic heterocycles. The summed E-state index contributed by atoms with van der Waals surface area (Å²) in [5.41, 5.74) is -0.0631. The number of ether oxygens (including phenoxy) is 1. The molecule has 13 heavy (non-hydrogen) atoms. The van der Waals surface area contributed by atoms with E-state index in [1.54, 1.807) is 0 Å². The van der Waals surface area contributed by atoms with Crippen molar-refractivity contribution in [1.29, 1.82) is 0 Å². The molecule has 0 heterocycles. The van der Waals surface area contributed by atoms with Gasteiger partial charge in [-0.25, -0.2) is 4.39 Å². The molecule has 0 bridgehead atoms. The van der Waals surface area contributed by atoms with Crippen molar-refractivity contribution in [1.82, 2.24) is 0 Å². The fraction of sp³-hybridized carbons (Fsp3) is 0.222. The van der Waals surface area contributed by atoms with E-state index >= 15 is 0 Å². The van der Waals surface area contributed by atoms with Crippen LogP contribution in [0.5, 0.6) is 5.75 Å². The SMILES string of the molecule is COc1cc(Cl)cc(F)c1C(C)=O. The number of hydrogen-bond acceptors (Lipinski definition) is 2. The third-order valence-electron chi connectivity index (χ3n) is 1.59. The molecule has 0 N–H and O–H groups in total. The molecule has 0 unspecified atom stereocenters. The van der Waals surface area contributed by atoms with Crippen LogP contribution in [0.25, 0.3) is 0 Å². The first kappa shape index (κ1) is 9.99. The Hall–Kier alpha value is -1.09. The molecular weight excluding hydrogens is 195 g/mol. The maximum absolute atomic E-state index is 13.2. The molecule has 0 atom stereocenters. The minimum atomic E-state index is -0.656. The third-order valence-corrected chi connectivity index (χ3v) is 1.81. The molecule has 0 radical (unpaired) electrons. The minimum Gasteiger partial charge on any atom is -0.496 e. The van der Waals surface area contributed by atoms with Crippen molar-refractivity contribution in [2.24, 2.45) is 0 Å². The summed E-state index contributed by atoms with van der Waals surface area (Å²) >= 11 is 5.57. The van der Waals surface area contributed by atoms with Gasteiger partial charge >= 0.3 is 0 Å². The molecule has 0 aliphatic carbocycles. The molecule has 1 aromatic carbocycles. The van der Waals surface area contributed by atoms with Gasteiger partial charge in [0.15, 0.2) is 5.78 Å². The zero-order valence-corrected chi connectivity index (χ0v) is 7.98. The fourth-order valence-corrected chi connectivity index (χ4v) is 1.25. The number of rotatable bonds is 2. The predicted molar refractivity (Wildman–Crippen MR) is 48.0 cm³/mol. The van der Waals surface area contributed by atoms with Crippen LogP contribution in [0.15, 0.2) is 12.1 Å². The average molecular weight is 203 g/mol. The van der Waals surface area contributed by atoms with Gasteiger partial charge < -0.3 is 4.74 Å². The molecule has 0 saturated heterocycles. The van der Waals surface area contributed by atoms with Crippen LogP contribution in [0.1, 0.15) is 17.3 Å². The van der Waals surface area contributed by atoms with Gasteiger partial charge in [0.05, 0.1) is 12.7 Å². The van der Waals surface area contributed by atoms with Crippen LogP contribution in [0.4, 0.5) is 4.39 Å². The van der Waals surface area contributed by atoms with E-state index < -0.39 is 5.82 Å². The smallest absolute Gasteiger partial charge is 0.166 e. The zero-order valence-electron chi connectivity index (χ0n) is 7.23. The van der Waals surface area contributed by atoms with Crippen LogP contribution < -0.4 is 4.74 Å². The van der Waals surface area contributed by atoms with E-state index in [1.165, 1.54) is 20.1 Å². The Balaban J connectivity index is 3.38. The van der Waals surface area contributed by atoms with E-state index in [9.17, 15) is 9.18 Å². The van der Waals surface area contributed by atoms with Gasteiger partial charge in [-0.05, 0) is 19.1 Å². The predicted octanol–water partition coefficient (Wildman–Crippen LogP) is 2.69. The first-order chi connectivity index (χ1) is 6.06. The number of ketones is 1. The van der Waals surface area contributed by atoms with Gasteiger partial charge in [-0.1, -0.05) is 11.6 Å². The quantitative estimate of drug-likeness (QED) is 0.690. The zero-order chi connectivity index (χ0) is 10.0. The van der Waals surface area contributed by atoms with Gasteiger partial charge in [0.25, 0.3) is 0 Å². The summed E-state index contributed by atoms with van der Waals surface area (Å²) in [4.78, 5) is 11.0. The summed E-state index contributed by atoms with van der Waals surface area (Å²) < 4.78 is 18.0. The largest absolute Gasteiger partial charge is 0.496 e. The number of hydrogen-bond donors (Lipinski definition) is 0. The Morgan fingerprint density at radius 3 is 2.62 bits per heavy atom. The van der Waals surface area contributed by atoms with Crippen molar-refractivity contribution in [3.05, 3.63) is 28.5 Å². The van der Waals surface area contributed by atoms with E-state index in [4.69, 9.17) is 16.3 Å². The Morgan fingerprint density at radius 2 is 2.15 bits per heavy atom. The van der Waals surface area contributed by atoms with Crippen molar-refractivity contribution in [3.8, 4) is 5.75 Å². The molecule has 0 amide bonds. The highest BCUT2D eigenvalue weighted by Gasteiger charge is 2.14. The molecule has 0 aliphatic rings. The van der Waals surface area contributed by atoms with Crippen LogP contribution in [0.3, 0.4) is 0 Å². The second-order valence-corrected chi connectivity index (χ2v) is 2.96. The molecule has 0 saturated carbocycles. The molecule has 2 nitrogen and oxygen atoms in total. The lowest BCUT2D eigenvalue weighted by atomic mass is 10.1. The van der Waals surface area contributed by atoms with Crippen LogP contribution >= 0.6 is 11.6 Å². The van der Waals surface area contributed by atoms with E-state index in [1.807, 2.05) is 0 Å². The van der Waals surface area contributed by atoms with E-state index in [0.717, 1.165) is 6.07 Å². The van der Waals surface area contributed by atoms with Gasteiger partial charge in [-0.2, -0.15) is 0 Å². The van der Waals surface area contributed by atoms with Gasteiger partial charge in [0.2, 0.25) is 0 Å². The van der Waals surface area contributed by atoms with Crippen molar-refractivity contribution >= 4 is 17.4 Å². The molecule has 0 fully saturated rings. The first-order valence-corrected chi connectivity index (χ1v) is 3.98.